The van der Waals surface area contributed by atoms with Crippen LogP contribution in [0.15, 0.2) is 18.2 Å². The van der Waals surface area contributed by atoms with Crippen molar-refractivity contribution in [3.05, 3.63) is 34.3 Å². The summed E-state index contributed by atoms with van der Waals surface area (Å²) in [5.74, 6) is -0.133. The van der Waals surface area contributed by atoms with E-state index < -0.39 is 0 Å². The second-order valence-electron chi connectivity index (χ2n) is 3.74. The quantitative estimate of drug-likeness (QED) is 0.847. The molecule has 1 aromatic carbocycles. The van der Waals surface area contributed by atoms with Gasteiger partial charge in [0.25, 0.3) is 5.91 Å². The zero-order chi connectivity index (χ0) is 12.8. The second-order valence-corrected chi connectivity index (χ2v) is 4.82. The maximum Gasteiger partial charge on any atom is 0.251 e. The lowest BCUT2D eigenvalue weighted by atomic mass is 10.1. The van der Waals surface area contributed by atoms with Crippen molar-refractivity contribution in [1.29, 1.82) is 0 Å². The van der Waals surface area contributed by atoms with Crippen molar-refractivity contribution < 1.29 is 9.53 Å². The van der Waals surface area contributed by atoms with Crippen LogP contribution in [0, 0.1) is 6.92 Å². The highest BCUT2D eigenvalue weighted by Gasteiger charge is 2.14. The Morgan fingerprint density at radius 3 is 2.88 bits per heavy atom. The molecule has 0 aliphatic carbocycles. The molecule has 1 aromatic rings. The third-order valence-corrected chi connectivity index (χ3v) is 3.35. The highest BCUT2D eigenvalue weighted by atomic mass is 79.9. The Labute approximate surface area is 115 Å². The number of aryl methyl sites for hydroxylation is 1. The van der Waals surface area contributed by atoms with Gasteiger partial charge in [-0.25, -0.2) is 0 Å². The molecule has 0 spiro atoms. The zero-order valence-electron chi connectivity index (χ0n) is 9.80. The average molecular weight is 321 g/mol. The summed E-state index contributed by atoms with van der Waals surface area (Å²) in [5, 5.41) is 4.09. The van der Waals surface area contributed by atoms with E-state index in [9.17, 15) is 4.79 Å². The van der Waals surface area contributed by atoms with Crippen molar-refractivity contribution in [3.8, 4) is 0 Å². The number of halogens is 2. The van der Waals surface area contributed by atoms with Gasteiger partial charge in [0.15, 0.2) is 0 Å². The van der Waals surface area contributed by atoms with Gasteiger partial charge >= 0.3 is 0 Å². The molecule has 0 aromatic heterocycles. The summed E-state index contributed by atoms with van der Waals surface area (Å²) >= 11 is 9.21. The van der Waals surface area contributed by atoms with E-state index in [2.05, 4.69) is 21.2 Å². The van der Waals surface area contributed by atoms with E-state index in [1.165, 1.54) is 0 Å². The molecule has 0 radical (unpaired) electrons. The number of rotatable bonds is 5. The number of ether oxygens (including phenoxy) is 1. The van der Waals surface area contributed by atoms with Crippen LogP contribution >= 0.6 is 27.5 Å². The molecule has 1 atom stereocenters. The summed E-state index contributed by atoms with van der Waals surface area (Å²) in [7, 11) is 1.60. The van der Waals surface area contributed by atoms with E-state index in [0.717, 1.165) is 5.56 Å². The smallest absolute Gasteiger partial charge is 0.251 e. The number of alkyl halides is 1. The molecule has 0 saturated heterocycles. The first-order chi connectivity index (χ1) is 8.08. The third kappa shape index (κ3) is 4.30. The molecule has 0 aliphatic rings. The van der Waals surface area contributed by atoms with Crippen molar-refractivity contribution in [2.75, 3.05) is 19.0 Å². The first-order valence-corrected chi connectivity index (χ1v) is 6.70. The minimum Gasteiger partial charge on any atom is -0.383 e. The summed E-state index contributed by atoms with van der Waals surface area (Å²) in [4.78, 5) is 12.0. The molecule has 94 valence electrons. The van der Waals surface area contributed by atoms with Gasteiger partial charge in [-0.2, -0.15) is 0 Å². The van der Waals surface area contributed by atoms with Crippen molar-refractivity contribution >= 4 is 33.4 Å². The van der Waals surface area contributed by atoms with Gasteiger partial charge in [0.1, 0.15) is 0 Å². The highest BCUT2D eigenvalue weighted by Crippen LogP contribution is 2.15. The number of carbonyl (C=O) groups is 1. The number of nitrogens with one attached hydrogen (secondary N) is 1. The average Bonchev–Trinajstić information content (AvgIpc) is 2.31. The molecule has 3 nitrogen and oxygen atoms in total. The molecule has 17 heavy (non-hydrogen) atoms. The fourth-order valence-corrected chi connectivity index (χ4v) is 1.95. The molecule has 0 aliphatic heterocycles. The van der Waals surface area contributed by atoms with Crippen LogP contribution in [0.2, 0.25) is 5.02 Å². The van der Waals surface area contributed by atoms with E-state index in [1.54, 1.807) is 19.2 Å². The lowest BCUT2D eigenvalue weighted by molar-refractivity contribution is 0.0907. The predicted molar refractivity (Wildman–Crippen MR) is 73.1 cm³/mol. The molecule has 5 heteroatoms. The molecule has 0 bridgehead atoms. The molecular formula is C12H15BrClNO2. The minimum absolute atomic E-state index is 0.0501. The van der Waals surface area contributed by atoms with Crippen molar-refractivity contribution in [3.63, 3.8) is 0 Å². The van der Waals surface area contributed by atoms with E-state index >= 15 is 0 Å². The summed E-state index contributed by atoms with van der Waals surface area (Å²) in [5.41, 5.74) is 1.50. The Balaban J connectivity index is 2.78. The monoisotopic (exact) mass is 319 g/mol. The zero-order valence-corrected chi connectivity index (χ0v) is 12.1. The fourth-order valence-electron chi connectivity index (χ4n) is 1.43. The molecule has 0 fully saturated rings. The molecule has 1 unspecified atom stereocenters. The Bertz CT molecular complexity index is 398. The van der Waals surface area contributed by atoms with Crippen LogP contribution in [-0.2, 0) is 4.74 Å². The largest absolute Gasteiger partial charge is 0.383 e. The summed E-state index contributed by atoms with van der Waals surface area (Å²) in [6.45, 7) is 2.35. The first kappa shape index (κ1) is 14.5. The Morgan fingerprint density at radius 1 is 1.59 bits per heavy atom. The van der Waals surface area contributed by atoms with Crippen LogP contribution in [0.25, 0.3) is 0 Å². The van der Waals surface area contributed by atoms with Crippen LogP contribution in [0.4, 0.5) is 0 Å². The lowest BCUT2D eigenvalue weighted by Gasteiger charge is -2.16. The molecule has 0 heterocycles. The SMILES string of the molecule is COCC(CBr)NC(=O)c1cc(Cl)ccc1C. The standard InChI is InChI=1S/C12H15BrClNO2/c1-8-3-4-9(14)5-11(8)12(16)15-10(6-13)7-17-2/h3-5,10H,6-7H2,1-2H3,(H,15,16). The molecular weight excluding hydrogens is 305 g/mol. The van der Waals surface area contributed by atoms with E-state index in [0.29, 0.717) is 22.5 Å². The van der Waals surface area contributed by atoms with Gasteiger partial charge in [-0.1, -0.05) is 33.6 Å². The number of amides is 1. The maximum absolute atomic E-state index is 12.0. The molecule has 1 amide bonds. The van der Waals surface area contributed by atoms with Gasteiger partial charge < -0.3 is 10.1 Å². The van der Waals surface area contributed by atoms with Crippen LogP contribution in [-0.4, -0.2) is 31.0 Å². The van der Waals surface area contributed by atoms with Crippen molar-refractivity contribution in [2.24, 2.45) is 0 Å². The van der Waals surface area contributed by atoms with Crippen LogP contribution < -0.4 is 5.32 Å². The van der Waals surface area contributed by atoms with E-state index in [-0.39, 0.29) is 11.9 Å². The number of carbonyl (C=O) groups excluding carboxylic acids is 1. The minimum atomic E-state index is -0.133. The number of benzene rings is 1. The van der Waals surface area contributed by atoms with Gasteiger partial charge in [0, 0.05) is 23.0 Å². The predicted octanol–water partition coefficient (Wildman–Crippen LogP) is 2.79. The lowest BCUT2D eigenvalue weighted by Crippen LogP contribution is -2.39. The van der Waals surface area contributed by atoms with Crippen LogP contribution in [0.5, 0.6) is 0 Å². The summed E-state index contributed by atoms with van der Waals surface area (Å²) in [6.07, 6.45) is 0. The number of hydrogen-bond donors (Lipinski definition) is 1. The number of hydrogen-bond acceptors (Lipinski definition) is 2. The van der Waals surface area contributed by atoms with Crippen molar-refractivity contribution in [2.45, 2.75) is 13.0 Å². The van der Waals surface area contributed by atoms with Crippen molar-refractivity contribution in [1.82, 2.24) is 5.32 Å². The highest BCUT2D eigenvalue weighted by molar-refractivity contribution is 9.09. The second kappa shape index (κ2) is 6.99. The topological polar surface area (TPSA) is 38.3 Å². The maximum atomic E-state index is 12.0. The van der Waals surface area contributed by atoms with Gasteiger partial charge in [0.2, 0.25) is 0 Å². The molecule has 0 saturated carbocycles. The van der Waals surface area contributed by atoms with Gasteiger partial charge in [-0.15, -0.1) is 0 Å². The number of methoxy groups -OCH3 is 1. The third-order valence-electron chi connectivity index (χ3n) is 2.33. The summed E-state index contributed by atoms with van der Waals surface area (Å²) in [6, 6.07) is 5.22. The Hall–Kier alpha value is -0.580. The van der Waals surface area contributed by atoms with Gasteiger partial charge in [0.05, 0.1) is 12.6 Å². The van der Waals surface area contributed by atoms with E-state index in [1.807, 2.05) is 13.0 Å². The first-order valence-electron chi connectivity index (χ1n) is 5.20. The summed E-state index contributed by atoms with van der Waals surface area (Å²) < 4.78 is 5.01. The fraction of sp³-hybridized carbons (Fsp3) is 0.417. The van der Waals surface area contributed by atoms with Gasteiger partial charge in [-0.05, 0) is 24.6 Å². The Kier molecular flexibility index (Phi) is 5.95. The Morgan fingerprint density at radius 2 is 2.29 bits per heavy atom. The molecule has 1 N–H and O–H groups in total. The normalized spacial score (nSPS) is 12.2. The van der Waals surface area contributed by atoms with Gasteiger partial charge in [-0.3, -0.25) is 4.79 Å². The van der Waals surface area contributed by atoms with Crippen LogP contribution in [0.1, 0.15) is 15.9 Å². The molecule has 1 rings (SSSR count). The van der Waals surface area contributed by atoms with Crippen LogP contribution in [0.3, 0.4) is 0 Å². The van der Waals surface area contributed by atoms with E-state index in [4.69, 9.17) is 16.3 Å².